The zero-order valence-corrected chi connectivity index (χ0v) is 18.9. The molecule has 1 heterocycles. The molecule has 1 aromatic carbocycles. The van der Waals surface area contributed by atoms with E-state index in [0.717, 1.165) is 25.7 Å². The fraction of sp³-hybridized carbons (Fsp3) is 0.500. The first-order chi connectivity index (χ1) is 13.9. The van der Waals surface area contributed by atoms with Crippen molar-refractivity contribution in [1.82, 2.24) is 14.5 Å². The molecule has 1 aliphatic carbocycles. The van der Waals surface area contributed by atoms with Gasteiger partial charge in [-0.1, -0.05) is 42.4 Å². The Bertz CT molecular complexity index is 924. The highest BCUT2D eigenvalue weighted by Gasteiger charge is 2.28. The summed E-state index contributed by atoms with van der Waals surface area (Å²) >= 11 is 2.68. The van der Waals surface area contributed by atoms with Crippen LogP contribution in [-0.4, -0.2) is 54.7 Å². The van der Waals surface area contributed by atoms with Crippen molar-refractivity contribution in [3.05, 3.63) is 24.3 Å². The Balaban J connectivity index is 1.56. The van der Waals surface area contributed by atoms with Crippen molar-refractivity contribution in [3.63, 3.8) is 0 Å². The van der Waals surface area contributed by atoms with Gasteiger partial charge < -0.3 is 10.6 Å². The number of hydrogen-bond donors (Lipinski definition) is 2. The Kier molecular flexibility index (Phi) is 7.49. The van der Waals surface area contributed by atoms with Crippen molar-refractivity contribution in [2.24, 2.45) is 0 Å². The first-order valence-corrected chi connectivity index (χ1v) is 12.7. The Labute approximate surface area is 179 Å². The van der Waals surface area contributed by atoms with Crippen molar-refractivity contribution in [2.45, 2.75) is 47.4 Å². The van der Waals surface area contributed by atoms with Gasteiger partial charge in [-0.25, -0.2) is 8.42 Å². The number of sulfonamides is 1. The third kappa shape index (κ3) is 5.68. The number of rotatable bonds is 8. The third-order valence-corrected chi connectivity index (χ3v) is 8.85. The average molecular weight is 456 g/mol. The van der Waals surface area contributed by atoms with E-state index in [9.17, 15) is 13.2 Å². The van der Waals surface area contributed by atoms with Crippen LogP contribution in [0.25, 0.3) is 0 Å². The maximum Gasteiger partial charge on any atom is 0.243 e. The van der Waals surface area contributed by atoms with Crippen molar-refractivity contribution in [1.29, 1.82) is 0 Å². The molecule has 1 aliphatic rings. The molecule has 1 saturated carbocycles. The zero-order chi connectivity index (χ0) is 20.9. The number of amides is 1. The topological polar surface area (TPSA) is 104 Å². The smallest absolute Gasteiger partial charge is 0.243 e. The predicted octanol–water partition coefficient (Wildman–Crippen LogP) is 3.26. The second-order valence-electron chi connectivity index (χ2n) is 6.80. The molecule has 0 unspecified atom stereocenters. The normalized spacial score (nSPS) is 15.4. The van der Waals surface area contributed by atoms with Crippen LogP contribution in [-0.2, 0) is 14.8 Å². The van der Waals surface area contributed by atoms with Gasteiger partial charge in [0.05, 0.1) is 10.6 Å². The van der Waals surface area contributed by atoms with Gasteiger partial charge in [0.2, 0.25) is 21.1 Å². The molecule has 158 valence electrons. The molecule has 1 fully saturated rings. The highest BCUT2D eigenvalue weighted by molar-refractivity contribution is 8.01. The lowest BCUT2D eigenvalue weighted by Crippen LogP contribution is -2.38. The van der Waals surface area contributed by atoms with Gasteiger partial charge in [0, 0.05) is 25.8 Å². The number of thioether (sulfide) groups is 1. The zero-order valence-electron chi connectivity index (χ0n) is 16.4. The fourth-order valence-corrected chi connectivity index (χ4v) is 6.13. The summed E-state index contributed by atoms with van der Waals surface area (Å²) in [4.78, 5) is 12.4. The number of carbonyl (C=O) groups is 1. The van der Waals surface area contributed by atoms with E-state index in [4.69, 9.17) is 0 Å². The monoisotopic (exact) mass is 455 g/mol. The van der Waals surface area contributed by atoms with Crippen LogP contribution >= 0.6 is 23.1 Å². The van der Waals surface area contributed by atoms with Gasteiger partial charge in [-0.05, 0) is 37.1 Å². The molecule has 0 radical (unpaired) electrons. The number of carbonyl (C=O) groups excluding carboxylic acids is 1. The minimum atomic E-state index is -3.53. The molecule has 0 bridgehead atoms. The largest absolute Gasteiger partial charge is 0.363 e. The summed E-state index contributed by atoms with van der Waals surface area (Å²) in [6, 6.07) is 6.39. The van der Waals surface area contributed by atoms with Crippen LogP contribution in [0.5, 0.6) is 0 Å². The number of nitrogens with zero attached hydrogens (tertiary/aromatic N) is 3. The molecule has 3 rings (SSSR count). The summed E-state index contributed by atoms with van der Waals surface area (Å²) in [5.74, 6) is 0.00848. The van der Waals surface area contributed by atoms with Gasteiger partial charge in [0.15, 0.2) is 4.34 Å². The standard InChI is InChI=1S/C18H25N5O3S3/c1-19-17-21-22-18(28-17)27-12-16(24)20-13-8-10-15(11-9-13)29(25,26)23(2)14-6-4-3-5-7-14/h8-11,14H,3-7,12H2,1-2H3,(H,19,21)(H,20,24). The quantitative estimate of drug-likeness (QED) is 0.589. The number of hydrogen-bond acceptors (Lipinski definition) is 8. The molecule has 1 amide bonds. The summed E-state index contributed by atoms with van der Waals surface area (Å²) in [6.45, 7) is 0. The summed E-state index contributed by atoms with van der Waals surface area (Å²) in [7, 11) is -0.113. The van der Waals surface area contributed by atoms with Crippen LogP contribution in [0.4, 0.5) is 10.8 Å². The molecule has 0 saturated heterocycles. The van der Waals surface area contributed by atoms with E-state index in [1.165, 1.54) is 33.8 Å². The molecule has 0 atom stereocenters. The van der Waals surface area contributed by atoms with Crippen LogP contribution in [0.15, 0.2) is 33.5 Å². The Morgan fingerprint density at radius 3 is 2.52 bits per heavy atom. The van der Waals surface area contributed by atoms with E-state index in [-0.39, 0.29) is 22.6 Å². The number of benzene rings is 1. The van der Waals surface area contributed by atoms with E-state index < -0.39 is 10.0 Å². The maximum absolute atomic E-state index is 12.9. The lowest BCUT2D eigenvalue weighted by molar-refractivity contribution is -0.113. The van der Waals surface area contributed by atoms with Gasteiger partial charge in [-0.15, -0.1) is 10.2 Å². The number of nitrogens with one attached hydrogen (secondary N) is 2. The van der Waals surface area contributed by atoms with Crippen molar-refractivity contribution in [2.75, 3.05) is 30.5 Å². The number of aromatic nitrogens is 2. The fourth-order valence-electron chi connectivity index (χ4n) is 3.21. The molecular formula is C18H25N5O3S3. The molecule has 2 aromatic rings. The van der Waals surface area contributed by atoms with E-state index in [1.54, 1.807) is 38.4 Å². The first kappa shape index (κ1) is 22.0. The van der Waals surface area contributed by atoms with E-state index >= 15 is 0 Å². The lowest BCUT2D eigenvalue weighted by Gasteiger charge is -2.30. The third-order valence-electron chi connectivity index (χ3n) is 4.85. The summed E-state index contributed by atoms with van der Waals surface area (Å²) in [6.07, 6.45) is 5.13. The predicted molar refractivity (Wildman–Crippen MR) is 117 cm³/mol. The molecule has 8 nitrogen and oxygen atoms in total. The van der Waals surface area contributed by atoms with Crippen LogP contribution in [0.1, 0.15) is 32.1 Å². The van der Waals surface area contributed by atoms with Gasteiger partial charge >= 0.3 is 0 Å². The highest BCUT2D eigenvalue weighted by atomic mass is 32.2. The van der Waals surface area contributed by atoms with Gasteiger partial charge in [0.1, 0.15) is 0 Å². The van der Waals surface area contributed by atoms with Gasteiger partial charge in [-0.2, -0.15) is 4.31 Å². The van der Waals surface area contributed by atoms with E-state index in [2.05, 4.69) is 20.8 Å². The molecule has 2 N–H and O–H groups in total. The SMILES string of the molecule is CNc1nnc(SCC(=O)Nc2ccc(S(=O)(=O)N(C)C3CCCCC3)cc2)s1. The van der Waals surface area contributed by atoms with E-state index in [1.807, 2.05) is 0 Å². The van der Waals surface area contributed by atoms with Crippen molar-refractivity contribution < 1.29 is 13.2 Å². The summed E-state index contributed by atoms with van der Waals surface area (Å²) in [5, 5.41) is 14.3. The Morgan fingerprint density at radius 1 is 1.21 bits per heavy atom. The van der Waals surface area contributed by atoms with E-state index in [0.29, 0.717) is 15.2 Å². The second-order valence-corrected chi connectivity index (χ2v) is 11.0. The van der Waals surface area contributed by atoms with Crippen LogP contribution in [0, 0.1) is 0 Å². The highest BCUT2D eigenvalue weighted by Crippen LogP contribution is 2.27. The molecular weight excluding hydrogens is 430 g/mol. The second kappa shape index (κ2) is 9.88. The Morgan fingerprint density at radius 2 is 1.90 bits per heavy atom. The maximum atomic E-state index is 12.9. The van der Waals surface area contributed by atoms with Crippen molar-refractivity contribution >= 4 is 49.8 Å². The van der Waals surface area contributed by atoms with Crippen LogP contribution in [0.3, 0.4) is 0 Å². The Hall–Kier alpha value is -1.69. The molecule has 11 heteroatoms. The van der Waals surface area contributed by atoms with Gasteiger partial charge in [-0.3, -0.25) is 4.79 Å². The van der Waals surface area contributed by atoms with Crippen molar-refractivity contribution in [3.8, 4) is 0 Å². The molecule has 29 heavy (non-hydrogen) atoms. The number of anilines is 2. The minimum Gasteiger partial charge on any atom is -0.363 e. The molecule has 1 aromatic heterocycles. The molecule has 0 spiro atoms. The first-order valence-electron chi connectivity index (χ1n) is 9.42. The van der Waals surface area contributed by atoms with Gasteiger partial charge in [0.25, 0.3) is 0 Å². The lowest BCUT2D eigenvalue weighted by atomic mass is 9.96. The average Bonchev–Trinajstić information content (AvgIpc) is 3.21. The summed E-state index contributed by atoms with van der Waals surface area (Å²) < 4.78 is 27.9. The molecule has 0 aliphatic heterocycles. The summed E-state index contributed by atoms with van der Waals surface area (Å²) in [5.41, 5.74) is 0.558. The minimum absolute atomic E-state index is 0.0638. The van der Waals surface area contributed by atoms with Crippen LogP contribution in [0.2, 0.25) is 0 Å². The van der Waals surface area contributed by atoms with Crippen LogP contribution < -0.4 is 10.6 Å².